The Hall–Kier alpha value is -2.50. The van der Waals surface area contributed by atoms with Crippen LogP contribution in [-0.2, 0) is 0 Å². The number of hydrogen-bond acceptors (Lipinski definition) is 4. The Morgan fingerprint density at radius 2 is 1.75 bits per heavy atom. The molecule has 0 fully saturated rings. The third-order valence-electron chi connectivity index (χ3n) is 2.73. The Balaban J connectivity index is 2.33. The number of halogens is 1. The quantitative estimate of drug-likeness (QED) is 0.824. The lowest BCUT2D eigenvalue weighted by atomic mass is 10.1. The molecule has 0 spiro atoms. The highest BCUT2D eigenvalue weighted by atomic mass is 19.1. The van der Waals surface area contributed by atoms with Gasteiger partial charge in [-0.1, -0.05) is 0 Å². The zero-order valence-corrected chi connectivity index (χ0v) is 11.5. The molecule has 0 aliphatic rings. The zero-order chi connectivity index (χ0) is 14.9. The van der Waals surface area contributed by atoms with Gasteiger partial charge in [0.2, 0.25) is 5.95 Å². The van der Waals surface area contributed by atoms with Crippen LogP contribution in [0.2, 0.25) is 0 Å². The molecular formula is C14H15FN4O. The lowest BCUT2D eigenvalue weighted by Crippen LogP contribution is -2.17. The van der Waals surface area contributed by atoms with Crippen LogP contribution in [0.1, 0.15) is 27.3 Å². The largest absolute Gasteiger partial charge is 0.399 e. The number of nitrogen functional groups attached to an aromatic ring is 1. The van der Waals surface area contributed by atoms with Crippen molar-refractivity contribution < 1.29 is 9.18 Å². The monoisotopic (exact) mass is 274 g/mol. The van der Waals surface area contributed by atoms with Crippen molar-refractivity contribution in [1.82, 2.24) is 9.97 Å². The van der Waals surface area contributed by atoms with Crippen LogP contribution in [0.15, 0.2) is 18.2 Å². The normalized spacial score (nSPS) is 10.4. The van der Waals surface area contributed by atoms with E-state index in [9.17, 15) is 9.18 Å². The summed E-state index contributed by atoms with van der Waals surface area (Å²) < 4.78 is 13.9. The summed E-state index contributed by atoms with van der Waals surface area (Å²) in [4.78, 5) is 20.2. The van der Waals surface area contributed by atoms with E-state index in [2.05, 4.69) is 15.3 Å². The molecule has 0 aliphatic heterocycles. The summed E-state index contributed by atoms with van der Waals surface area (Å²) in [5, 5.41) is 2.48. The molecule has 2 aromatic rings. The fourth-order valence-electron chi connectivity index (χ4n) is 1.91. The highest BCUT2D eigenvalue weighted by Gasteiger charge is 2.16. The number of aromatic nitrogens is 2. The van der Waals surface area contributed by atoms with Crippen LogP contribution in [0.5, 0.6) is 0 Å². The van der Waals surface area contributed by atoms with E-state index in [0.29, 0.717) is 11.3 Å². The van der Waals surface area contributed by atoms with Gasteiger partial charge in [0.15, 0.2) is 0 Å². The molecule has 20 heavy (non-hydrogen) atoms. The van der Waals surface area contributed by atoms with Gasteiger partial charge in [-0.3, -0.25) is 10.1 Å². The molecule has 0 aliphatic carbocycles. The van der Waals surface area contributed by atoms with E-state index in [1.807, 2.05) is 0 Å². The van der Waals surface area contributed by atoms with Crippen LogP contribution in [0.3, 0.4) is 0 Å². The van der Waals surface area contributed by atoms with E-state index in [4.69, 9.17) is 5.73 Å². The number of nitrogens with zero attached hydrogens (tertiary/aromatic N) is 2. The molecule has 1 aromatic heterocycles. The molecule has 6 heteroatoms. The van der Waals surface area contributed by atoms with Gasteiger partial charge in [0.1, 0.15) is 5.82 Å². The SMILES string of the molecule is Cc1cc(C)nc(NC(=O)c2cc(N)cc(C)c2F)n1. The molecule has 0 bridgehead atoms. The molecule has 0 radical (unpaired) electrons. The Labute approximate surface area is 116 Å². The van der Waals surface area contributed by atoms with Crippen molar-refractivity contribution in [2.75, 3.05) is 11.1 Å². The summed E-state index contributed by atoms with van der Waals surface area (Å²) in [6.07, 6.45) is 0. The van der Waals surface area contributed by atoms with E-state index >= 15 is 0 Å². The molecule has 2 rings (SSSR count). The Kier molecular flexibility index (Phi) is 3.65. The second kappa shape index (κ2) is 5.24. The summed E-state index contributed by atoms with van der Waals surface area (Å²) >= 11 is 0. The number of nitrogens with two attached hydrogens (primary N) is 1. The minimum absolute atomic E-state index is 0.120. The topological polar surface area (TPSA) is 80.9 Å². The fourth-order valence-corrected chi connectivity index (χ4v) is 1.91. The van der Waals surface area contributed by atoms with Gasteiger partial charge < -0.3 is 5.73 Å². The van der Waals surface area contributed by atoms with Crippen molar-refractivity contribution in [3.8, 4) is 0 Å². The van der Waals surface area contributed by atoms with Crippen LogP contribution in [0, 0.1) is 26.6 Å². The first-order valence-electron chi connectivity index (χ1n) is 6.06. The van der Waals surface area contributed by atoms with Gasteiger partial charge in [-0.25, -0.2) is 14.4 Å². The van der Waals surface area contributed by atoms with Crippen molar-refractivity contribution in [3.63, 3.8) is 0 Å². The minimum atomic E-state index is -0.622. The molecule has 1 heterocycles. The third kappa shape index (κ3) is 2.90. The number of carbonyl (C=O) groups is 1. The Morgan fingerprint density at radius 1 is 1.15 bits per heavy atom. The summed E-state index contributed by atoms with van der Waals surface area (Å²) in [6.45, 7) is 5.13. The lowest BCUT2D eigenvalue weighted by molar-refractivity contribution is 0.102. The molecule has 0 saturated heterocycles. The number of nitrogens with one attached hydrogen (secondary N) is 1. The molecule has 104 valence electrons. The van der Waals surface area contributed by atoms with Crippen LogP contribution in [0.25, 0.3) is 0 Å². The number of rotatable bonds is 2. The maximum Gasteiger partial charge on any atom is 0.261 e. The van der Waals surface area contributed by atoms with Crippen molar-refractivity contribution >= 4 is 17.5 Å². The van der Waals surface area contributed by atoms with Crippen molar-refractivity contribution in [1.29, 1.82) is 0 Å². The van der Waals surface area contributed by atoms with Crippen LogP contribution < -0.4 is 11.1 Å². The number of aryl methyl sites for hydroxylation is 3. The van der Waals surface area contributed by atoms with E-state index in [1.165, 1.54) is 12.1 Å². The summed E-state index contributed by atoms with van der Waals surface area (Å²) in [5.74, 6) is -1.07. The van der Waals surface area contributed by atoms with E-state index in [0.717, 1.165) is 11.4 Å². The number of benzene rings is 1. The standard InChI is InChI=1S/C14H15FN4O/c1-7-4-10(16)6-11(12(7)15)13(20)19-14-17-8(2)5-9(3)18-14/h4-6H,16H2,1-3H3,(H,17,18,19,20). The first-order chi connectivity index (χ1) is 9.36. The average Bonchev–Trinajstić information content (AvgIpc) is 2.32. The number of hydrogen-bond donors (Lipinski definition) is 2. The summed E-state index contributed by atoms with van der Waals surface area (Å²) in [5.41, 5.74) is 7.59. The molecule has 0 unspecified atom stereocenters. The average molecular weight is 274 g/mol. The number of carbonyl (C=O) groups excluding carboxylic acids is 1. The van der Waals surface area contributed by atoms with Crippen molar-refractivity contribution in [2.45, 2.75) is 20.8 Å². The van der Waals surface area contributed by atoms with Crippen molar-refractivity contribution in [3.05, 3.63) is 46.5 Å². The maximum atomic E-state index is 13.9. The lowest BCUT2D eigenvalue weighted by Gasteiger charge is -2.08. The van der Waals surface area contributed by atoms with Crippen LogP contribution >= 0.6 is 0 Å². The Bertz CT molecular complexity index is 665. The molecule has 0 atom stereocenters. The van der Waals surface area contributed by atoms with Crippen LogP contribution in [-0.4, -0.2) is 15.9 Å². The molecule has 1 aromatic carbocycles. The van der Waals surface area contributed by atoms with Gasteiger partial charge in [0.05, 0.1) is 5.56 Å². The van der Waals surface area contributed by atoms with Crippen LogP contribution in [0.4, 0.5) is 16.0 Å². The highest BCUT2D eigenvalue weighted by Crippen LogP contribution is 2.18. The maximum absolute atomic E-state index is 13.9. The minimum Gasteiger partial charge on any atom is -0.399 e. The summed E-state index contributed by atoms with van der Waals surface area (Å²) in [7, 11) is 0. The highest BCUT2D eigenvalue weighted by molar-refractivity contribution is 6.04. The van der Waals surface area contributed by atoms with E-state index in [1.54, 1.807) is 26.8 Å². The third-order valence-corrected chi connectivity index (χ3v) is 2.73. The number of amides is 1. The smallest absolute Gasteiger partial charge is 0.261 e. The molecule has 1 amide bonds. The molecule has 0 saturated carbocycles. The zero-order valence-electron chi connectivity index (χ0n) is 11.5. The van der Waals surface area contributed by atoms with Gasteiger partial charge in [-0.05, 0) is 44.5 Å². The molecule has 3 N–H and O–H groups in total. The van der Waals surface area contributed by atoms with Gasteiger partial charge in [-0.2, -0.15) is 0 Å². The van der Waals surface area contributed by atoms with E-state index in [-0.39, 0.29) is 11.5 Å². The first-order valence-corrected chi connectivity index (χ1v) is 6.06. The van der Waals surface area contributed by atoms with Gasteiger partial charge >= 0.3 is 0 Å². The predicted octanol–water partition coefficient (Wildman–Crippen LogP) is 2.38. The van der Waals surface area contributed by atoms with Crippen molar-refractivity contribution in [2.24, 2.45) is 0 Å². The molecular weight excluding hydrogens is 259 g/mol. The fraction of sp³-hybridized carbons (Fsp3) is 0.214. The predicted molar refractivity (Wildman–Crippen MR) is 75.0 cm³/mol. The van der Waals surface area contributed by atoms with E-state index < -0.39 is 11.7 Å². The first kappa shape index (κ1) is 13.9. The second-order valence-corrected chi connectivity index (χ2v) is 4.63. The van der Waals surface area contributed by atoms with Gasteiger partial charge in [0, 0.05) is 17.1 Å². The van der Waals surface area contributed by atoms with Gasteiger partial charge in [0.25, 0.3) is 5.91 Å². The van der Waals surface area contributed by atoms with Gasteiger partial charge in [-0.15, -0.1) is 0 Å². The summed E-state index contributed by atoms with van der Waals surface area (Å²) in [6, 6.07) is 4.54. The Morgan fingerprint density at radius 3 is 2.35 bits per heavy atom. The molecule has 5 nitrogen and oxygen atoms in total. The number of anilines is 2. The second-order valence-electron chi connectivity index (χ2n) is 4.63.